The summed E-state index contributed by atoms with van der Waals surface area (Å²) >= 11 is 0. The van der Waals surface area contributed by atoms with Crippen LogP contribution in [0.15, 0.2) is 0 Å². The van der Waals surface area contributed by atoms with Crippen molar-refractivity contribution in [3.8, 4) is 0 Å². The second kappa shape index (κ2) is 6.71. The third-order valence-electron chi connectivity index (χ3n) is 5.04. The van der Waals surface area contributed by atoms with Gasteiger partial charge >= 0.3 is 0 Å². The highest BCUT2D eigenvalue weighted by Crippen LogP contribution is 2.50. The second-order valence-electron chi connectivity index (χ2n) is 6.83. The van der Waals surface area contributed by atoms with Crippen LogP contribution in [-0.2, 0) is 28.4 Å². The molecule has 6 heteroatoms. The third-order valence-corrected chi connectivity index (χ3v) is 5.04. The molecule has 6 nitrogen and oxygen atoms in total. The smallest absolute Gasteiger partial charge is 0.159 e. The maximum Gasteiger partial charge on any atom is 0.159 e. The van der Waals surface area contributed by atoms with Crippen LogP contribution in [0.4, 0.5) is 0 Å². The molecule has 0 aromatic heterocycles. The summed E-state index contributed by atoms with van der Waals surface area (Å²) in [5.74, 6) is 0. The predicted octanol–water partition coefficient (Wildman–Crippen LogP) is 1.12. The first-order chi connectivity index (χ1) is 10.9. The van der Waals surface area contributed by atoms with Crippen molar-refractivity contribution in [3.63, 3.8) is 0 Å². The van der Waals surface area contributed by atoms with E-state index in [1.165, 1.54) is 19.3 Å². The number of fused-ring (bicyclic) bond motifs is 2. The number of epoxide rings is 2. The van der Waals surface area contributed by atoms with Gasteiger partial charge in [0.25, 0.3) is 0 Å². The van der Waals surface area contributed by atoms with E-state index in [0.29, 0.717) is 44.7 Å². The monoisotopic (exact) mass is 314 g/mol. The van der Waals surface area contributed by atoms with E-state index in [9.17, 15) is 0 Å². The molecule has 0 aromatic carbocycles. The van der Waals surface area contributed by atoms with Crippen molar-refractivity contribution in [3.05, 3.63) is 0 Å². The molecule has 3 saturated heterocycles. The van der Waals surface area contributed by atoms with Gasteiger partial charge in [-0.05, 0) is 19.3 Å². The van der Waals surface area contributed by atoms with Gasteiger partial charge in [-0.3, -0.25) is 0 Å². The third kappa shape index (κ3) is 3.63. The normalized spacial score (nSPS) is 43.1. The Kier molecular flexibility index (Phi) is 4.66. The minimum Gasteiger partial charge on any atom is -0.379 e. The van der Waals surface area contributed by atoms with Crippen molar-refractivity contribution in [2.45, 2.75) is 50.3 Å². The minimum absolute atomic E-state index is 0.124. The van der Waals surface area contributed by atoms with Crippen LogP contribution in [0, 0.1) is 5.41 Å². The second-order valence-corrected chi connectivity index (χ2v) is 6.83. The molecule has 1 aliphatic carbocycles. The van der Waals surface area contributed by atoms with E-state index in [1.807, 2.05) is 0 Å². The molecule has 3 atom stereocenters. The van der Waals surface area contributed by atoms with Crippen LogP contribution < -0.4 is 0 Å². The zero-order chi connectivity index (χ0) is 14.8. The van der Waals surface area contributed by atoms with Gasteiger partial charge in [-0.2, -0.15) is 0 Å². The fourth-order valence-corrected chi connectivity index (χ4v) is 3.56. The Morgan fingerprint density at radius 3 is 2.64 bits per heavy atom. The topological polar surface area (TPSA) is 62.0 Å². The number of hydrogen-bond donors (Lipinski definition) is 0. The van der Waals surface area contributed by atoms with Crippen LogP contribution in [0.2, 0.25) is 0 Å². The van der Waals surface area contributed by atoms with Gasteiger partial charge < -0.3 is 28.4 Å². The van der Waals surface area contributed by atoms with E-state index >= 15 is 0 Å². The molecular weight excluding hydrogens is 288 g/mol. The van der Waals surface area contributed by atoms with E-state index in [2.05, 4.69) is 0 Å². The molecule has 4 aliphatic rings. The average molecular weight is 314 g/mol. The molecule has 0 aromatic rings. The first kappa shape index (κ1) is 15.3. The van der Waals surface area contributed by atoms with Crippen LogP contribution >= 0.6 is 0 Å². The summed E-state index contributed by atoms with van der Waals surface area (Å²) in [7, 11) is 0. The fourth-order valence-electron chi connectivity index (χ4n) is 3.56. The summed E-state index contributed by atoms with van der Waals surface area (Å²) in [6.07, 6.45) is 5.42. The zero-order valence-corrected chi connectivity index (χ0v) is 13.0. The summed E-state index contributed by atoms with van der Waals surface area (Å²) in [6.45, 7) is 4.93. The molecule has 1 spiro atoms. The Bertz CT molecular complexity index is 364. The van der Waals surface area contributed by atoms with Gasteiger partial charge in [0.2, 0.25) is 0 Å². The SMILES string of the molecule is C1CC2OC2C2(C1)COC(CCOCCOCC1CO1)OC2. The van der Waals surface area contributed by atoms with E-state index in [1.54, 1.807) is 0 Å². The van der Waals surface area contributed by atoms with E-state index in [4.69, 9.17) is 28.4 Å². The van der Waals surface area contributed by atoms with Crippen LogP contribution in [0.1, 0.15) is 25.7 Å². The lowest BCUT2D eigenvalue weighted by Gasteiger charge is -2.40. The average Bonchev–Trinajstić information content (AvgIpc) is 3.43. The predicted molar refractivity (Wildman–Crippen MR) is 76.6 cm³/mol. The molecule has 0 bridgehead atoms. The Balaban J connectivity index is 1.06. The van der Waals surface area contributed by atoms with Gasteiger partial charge in [-0.15, -0.1) is 0 Å². The Morgan fingerprint density at radius 2 is 1.82 bits per heavy atom. The first-order valence-corrected chi connectivity index (χ1v) is 8.51. The molecule has 3 heterocycles. The molecule has 0 amide bonds. The van der Waals surface area contributed by atoms with Gasteiger partial charge in [0.05, 0.1) is 58.5 Å². The first-order valence-electron chi connectivity index (χ1n) is 8.51. The molecule has 1 saturated carbocycles. The van der Waals surface area contributed by atoms with Gasteiger partial charge in [-0.25, -0.2) is 0 Å². The maximum atomic E-state index is 5.91. The highest BCUT2D eigenvalue weighted by molar-refractivity contribution is 5.05. The van der Waals surface area contributed by atoms with Crippen LogP contribution in [0.3, 0.4) is 0 Å². The summed E-state index contributed by atoms with van der Waals surface area (Å²) in [5, 5.41) is 0. The van der Waals surface area contributed by atoms with E-state index in [-0.39, 0.29) is 11.7 Å². The zero-order valence-electron chi connectivity index (χ0n) is 13.0. The Hall–Kier alpha value is -0.240. The van der Waals surface area contributed by atoms with Gasteiger partial charge in [-0.1, -0.05) is 0 Å². The highest BCUT2D eigenvalue weighted by atomic mass is 16.7. The molecule has 3 unspecified atom stereocenters. The number of rotatable bonds is 8. The van der Waals surface area contributed by atoms with Crippen LogP contribution in [0.25, 0.3) is 0 Å². The molecule has 126 valence electrons. The van der Waals surface area contributed by atoms with Crippen molar-refractivity contribution in [1.82, 2.24) is 0 Å². The molecule has 22 heavy (non-hydrogen) atoms. The highest BCUT2D eigenvalue weighted by Gasteiger charge is 2.58. The molecule has 0 N–H and O–H groups in total. The van der Waals surface area contributed by atoms with Gasteiger partial charge in [0.1, 0.15) is 6.10 Å². The van der Waals surface area contributed by atoms with Crippen LogP contribution in [0.5, 0.6) is 0 Å². The number of hydrogen-bond acceptors (Lipinski definition) is 6. The summed E-state index contributed by atoms with van der Waals surface area (Å²) in [6, 6.07) is 0. The maximum absolute atomic E-state index is 5.91. The van der Waals surface area contributed by atoms with Gasteiger partial charge in [0.15, 0.2) is 6.29 Å². The van der Waals surface area contributed by atoms with Crippen molar-refractivity contribution < 1.29 is 28.4 Å². The lowest BCUT2D eigenvalue weighted by atomic mass is 9.75. The Morgan fingerprint density at radius 1 is 1.00 bits per heavy atom. The van der Waals surface area contributed by atoms with Crippen molar-refractivity contribution in [2.24, 2.45) is 5.41 Å². The number of ether oxygens (including phenoxy) is 6. The molecular formula is C16H26O6. The quantitative estimate of drug-likeness (QED) is 0.494. The summed E-state index contributed by atoms with van der Waals surface area (Å²) in [4.78, 5) is 0. The van der Waals surface area contributed by atoms with E-state index in [0.717, 1.165) is 26.2 Å². The van der Waals surface area contributed by atoms with Crippen molar-refractivity contribution in [2.75, 3.05) is 46.2 Å². The summed E-state index contributed by atoms with van der Waals surface area (Å²) < 4.78 is 33.6. The Labute approximate surface area is 131 Å². The lowest BCUT2D eigenvalue weighted by Crippen LogP contribution is -2.47. The lowest BCUT2D eigenvalue weighted by molar-refractivity contribution is -0.241. The molecule has 4 rings (SSSR count). The van der Waals surface area contributed by atoms with Crippen LogP contribution in [-0.4, -0.2) is 70.9 Å². The van der Waals surface area contributed by atoms with Gasteiger partial charge in [0, 0.05) is 11.8 Å². The van der Waals surface area contributed by atoms with Crippen molar-refractivity contribution in [1.29, 1.82) is 0 Å². The molecule has 0 radical (unpaired) electrons. The molecule has 4 fully saturated rings. The minimum atomic E-state index is -0.134. The molecule has 3 aliphatic heterocycles. The standard InChI is InChI=1S/C16H26O6/c1-2-13-15(22-13)16(4-1)10-20-14(21-11-16)3-5-17-6-7-18-8-12-9-19-12/h12-15H,1-11H2. The fraction of sp³-hybridized carbons (Fsp3) is 1.00. The van der Waals surface area contributed by atoms with E-state index < -0.39 is 0 Å². The summed E-state index contributed by atoms with van der Waals surface area (Å²) in [5.41, 5.74) is 0.124. The largest absolute Gasteiger partial charge is 0.379 e. The van der Waals surface area contributed by atoms with Crippen molar-refractivity contribution >= 4 is 0 Å².